The molecule has 1 N–H and O–H groups in total. The molecule has 4 fully saturated rings. The number of carbonyl (C=O) groups excluding carboxylic acids is 1. The first-order valence-corrected chi connectivity index (χ1v) is 9.56. The van der Waals surface area contributed by atoms with Gasteiger partial charge in [-0.25, -0.2) is 0 Å². The van der Waals surface area contributed by atoms with Gasteiger partial charge in [-0.05, 0) is 78.9 Å². The average Bonchev–Trinajstić information content (AvgIpc) is 2.77. The van der Waals surface area contributed by atoms with Crippen LogP contribution >= 0.6 is 0 Å². The topological polar surface area (TPSA) is 37.3 Å². The lowest BCUT2D eigenvalue weighted by atomic mass is 9.43. The van der Waals surface area contributed by atoms with Gasteiger partial charge in [-0.15, -0.1) is 0 Å². The molecular formula is C20H32O2. The molecule has 4 rings (SSSR count). The summed E-state index contributed by atoms with van der Waals surface area (Å²) in [6.07, 6.45) is 8.65. The lowest BCUT2D eigenvalue weighted by Gasteiger charge is -2.62. The summed E-state index contributed by atoms with van der Waals surface area (Å²) in [4.78, 5) is 12.0. The molecule has 0 amide bonds. The fraction of sp³-hybridized carbons (Fsp3) is 0.950. The van der Waals surface area contributed by atoms with Crippen LogP contribution in [0.5, 0.6) is 0 Å². The maximum atomic E-state index is 12.0. The summed E-state index contributed by atoms with van der Waals surface area (Å²) in [6.45, 7) is 7.30. The second-order valence-corrected chi connectivity index (χ2v) is 9.59. The molecule has 22 heavy (non-hydrogen) atoms. The monoisotopic (exact) mass is 304 g/mol. The Labute approximate surface area is 135 Å². The first-order valence-electron chi connectivity index (χ1n) is 9.56. The molecule has 2 heteroatoms. The molecule has 124 valence electrons. The van der Waals surface area contributed by atoms with Gasteiger partial charge in [-0.1, -0.05) is 20.8 Å². The van der Waals surface area contributed by atoms with Gasteiger partial charge in [0.15, 0.2) is 0 Å². The van der Waals surface area contributed by atoms with E-state index in [0.29, 0.717) is 23.0 Å². The number of aliphatic hydroxyl groups excluding tert-OH is 1. The van der Waals surface area contributed by atoms with Crippen molar-refractivity contribution < 1.29 is 9.90 Å². The number of carbonyl (C=O) groups is 1. The molecule has 0 unspecified atom stereocenters. The molecule has 0 aromatic heterocycles. The summed E-state index contributed by atoms with van der Waals surface area (Å²) in [5.74, 6) is 4.14. The van der Waals surface area contributed by atoms with Crippen molar-refractivity contribution in [2.45, 2.75) is 78.2 Å². The second kappa shape index (κ2) is 4.82. The van der Waals surface area contributed by atoms with Gasteiger partial charge in [-0.3, -0.25) is 4.79 Å². The predicted octanol–water partition coefficient (Wildman–Crippen LogP) is 4.21. The Hall–Kier alpha value is -0.370. The van der Waals surface area contributed by atoms with E-state index >= 15 is 0 Å². The number of hydrogen-bond acceptors (Lipinski definition) is 2. The Morgan fingerprint density at radius 1 is 1.05 bits per heavy atom. The van der Waals surface area contributed by atoms with Crippen LogP contribution in [0.4, 0.5) is 0 Å². The van der Waals surface area contributed by atoms with Crippen LogP contribution in [-0.2, 0) is 4.79 Å². The molecule has 4 aliphatic rings. The molecule has 0 radical (unpaired) electrons. The first kappa shape index (κ1) is 15.2. The largest absolute Gasteiger partial charge is 0.393 e. The van der Waals surface area contributed by atoms with Gasteiger partial charge in [0.05, 0.1) is 6.10 Å². The van der Waals surface area contributed by atoms with Crippen molar-refractivity contribution in [3.63, 3.8) is 0 Å². The van der Waals surface area contributed by atoms with Crippen LogP contribution in [0.25, 0.3) is 0 Å². The zero-order valence-electron chi connectivity index (χ0n) is 14.5. The van der Waals surface area contributed by atoms with Crippen LogP contribution in [0.2, 0.25) is 0 Å². The highest BCUT2D eigenvalue weighted by Gasteiger charge is 2.61. The summed E-state index contributed by atoms with van der Waals surface area (Å²) in [5.41, 5.74) is 0.559. The SMILES string of the molecule is C[C@@H]1C[C@@H]2CC(=O)CC[C@]2(C)[C@@H]2CC[C@]3(C)[C@H](O)CC[C@H]3[C@H]12. The molecule has 0 saturated heterocycles. The fourth-order valence-electron chi connectivity index (χ4n) is 7.40. The summed E-state index contributed by atoms with van der Waals surface area (Å²) in [6, 6.07) is 0. The van der Waals surface area contributed by atoms with E-state index in [1.54, 1.807) is 0 Å². The Morgan fingerprint density at radius 2 is 1.77 bits per heavy atom. The maximum absolute atomic E-state index is 12.0. The molecular weight excluding hydrogens is 272 g/mol. The number of fused-ring (bicyclic) bond motifs is 5. The van der Waals surface area contributed by atoms with Gasteiger partial charge >= 0.3 is 0 Å². The smallest absolute Gasteiger partial charge is 0.133 e. The summed E-state index contributed by atoms with van der Waals surface area (Å²) >= 11 is 0. The van der Waals surface area contributed by atoms with Crippen LogP contribution in [0.15, 0.2) is 0 Å². The van der Waals surface area contributed by atoms with Crippen LogP contribution in [-0.4, -0.2) is 17.0 Å². The summed E-state index contributed by atoms with van der Waals surface area (Å²) in [5, 5.41) is 10.5. The zero-order chi connectivity index (χ0) is 15.7. The van der Waals surface area contributed by atoms with Gasteiger partial charge in [-0.2, -0.15) is 0 Å². The van der Waals surface area contributed by atoms with Gasteiger partial charge in [0.1, 0.15) is 5.78 Å². The third-order valence-electron chi connectivity index (χ3n) is 8.79. The zero-order valence-corrected chi connectivity index (χ0v) is 14.5. The van der Waals surface area contributed by atoms with Gasteiger partial charge in [0, 0.05) is 12.8 Å². The van der Waals surface area contributed by atoms with Crippen molar-refractivity contribution in [2.75, 3.05) is 0 Å². The van der Waals surface area contributed by atoms with Gasteiger partial charge in [0.2, 0.25) is 0 Å². The average molecular weight is 304 g/mol. The molecule has 4 saturated carbocycles. The molecule has 2 nitrogen and oxygen atoms in total. The van der Waals surface area contributed by atoms with E-state index < -0.39 is 0 Å². The molecule has 0 spiro atoms. The Balaban J connectivity index is 1.68. The Morgan fingerprint density at radius 3 is 2.55 bits per heavy atom. The standard InChI is InChI=1S/C20H32O2/c1-12-10-13-11-14(21)6-8-19(13,2)16-7-9-20(3)15(18(12)16)4-5-17(20)22/h12-13,15-18,22H,4-11H2,1-3H3/t12-,13-,15+,16-,17-,18+,19+,20+/m1/s1. The highest BCUT2D eigenvalue weighted by Crippen LogP contribution is 2.67. The normalized spacial score (nSPS) is 57.9. The molecule has 0 aliphatic heterocycles. The van der Waals surface area contributed by atoms with E-state index in [0.717, 1.165) is 43.4 Å². The van der Waals surface area contributed by atoms with E-state index in [1.165, 1.54) is 25.7 Å². The molecule has 4 aliphatic carbocycles. The Bertz CT molecular complexity index is 486. The minimum atomic E-state index is -0.0795. The van der Waals surface area contributed by atoms with Crippen molar-refractivity contribution in [3.8, 4) is 0 Å². The lowest BCUT2D eigenvalue weighted by Crippen LogP contribution is -2.56. The first-order chi connectivity index (χ1) is 10.4. The second-order valence-electron chi connectivity index (χ2n) is 9.59. The quantitative estimate of drug-likeness (QED) is 0.728. The number of aliphatic hydroxyl groups is 1. The van der Waals surface area contributed by atoms with Gasteiger partial charge in [0.25, 0.3) is 0 Å². The summed E-state index contributed by atoms with van der Waals surface area (Å²) in [7, 11) is 0. The summed E-state index contributed by atoms with van der Waals surface area (Å²) < 4.78 is 0. The molecule has 0 bridgehead atoms. The maximum Gasteiger partial charge on any atom is 0.133 e. The number of rotatable bonds is 0. The number of Topliss-reactive ketones (excluding diaryl/α,β-unsaturated/α-hetero) is 1. The number of hydrogen-bond donors (Lipinski definition) is 1. The molecule has 0 heterocycles. The number of ketones is 1. The van der Waals surface area contributed by atoms with Crippen LogP contribution < -0.4 is 0 Å². The van der Waals surface area contributed by atoms with Crippen LogP contribution in [0, 0.1) is 40.4 Å². The highest BCUT2D eigenvalue weighted by atomic mass is 16.3. The van der Waals surface area contributed by atoms with Crippen molar-refractivity contribution in [1.82, 2.24) is 0 Å². The Kier molecular flexibility index (Phi) is 3.32. The molecule has 0 aromatic carbocycles. The van der Waals surface area contributed by atoms with E-state index in [9.17, 15) is 9.90 Å². The molecule has 8 atom stereocenters. The van der Waals surface area contributed by atoms with Crippen molar-refractivity contribution >= 4 is 5.78 Å². The third-order valence-corrected chi connectivity index (χ3v) is 8.79. The van der Waals surface area contributed by atoms with E-state index in [1.807, 2.05) is 0 Å². The van der Waals surface area contributed by atoms with Crippen molar-refractivity contribution in [2.24, 2.45) is 40.4 Å². The third kappa shape index (κ3) is 1.85. The highest BCUT2D eigenvalue weighted by molar-refractivity contribution is 5.79. The molecule has 0 aromatic rings. The van der Waals surface area contributed by atoms with E-state index in [4.69, 9.17) is 0 Å². The van der Waals surface area contributed by atoms with E-state index in [-0.39, 0.29) is 11.5 Å². The lowest BCUT2D eigenvalue weighted by molar-refractivity contribution is -0.153. The van der Waals surface area contributed by atoms with E-state index in [2.05, 4.69) is 20.8 Å². The van der Waals surface area contributed by atoms with Crippen LogP contribution in [0.3, 0.4) is 0 Å². The van der Waals surface area contributed by atoms with Crippen molar-refractivity contribution in [1.29, 1.82) is 0 Å². The van der Waals surface area contributed by atoms with Crippen LogP contribution in [0.1, 0.15) is 72.1 Å². The predicted molar refractivity (Wildman–Crippen MR) is 87.3 cm³/mol. The fourth-order valence-corrected chi connectivity index (χ4v) is 7.40. The van der Waals surface area contributed by atoms with Crippen molar-refractivity contribution in [3.05, 3.63) is 0 Å². The minimum absolute atomic E-state index is 0.0795. The minimum Gasteiger partial charge on any atom is -0.393 e. The van der Waals surface area contributed by atoms with Gasteiger partial charge < -0.3 is 5.11 Å².